The lowest BCUT2D eigenvalue weighted by atomic mass is 9.81. The fourth-order valence-corrected chi connectivity index (χ4v) is 5.13. The molecule has 0 aliphatic carbocycles. The van der Waals surface area contributed by atoms with Gasteiger partial charge in [-0.05, 0) is 46.7 Å². The monoisotopic (exact) mass is 448 g/mol. The van der Waals surface area contributed by atoms with E-state index in [0.717, 1.165) is 16.1 Å². The first-order valence-corrected chi connectivity index (χ1v) is 11.7. The number of hydrogen-bond donors (Lipinski definition) is 1. The van der Waals surface area contributed by atoms with E-state index in [0.29, 0.717) is 24.6 Å². The second kappa shape index (κ2) is 9.67. The van der Waals surface area contributed by atoms with Crippen molar-refractivity contribution >= 4 is 28.8 Å². The lowest BCUT2D eigenvalue weighted by Crippen LogP contribution is -2.47. The number of anilines is 1. The molecule has 0 spiro atoms. The van der Waals surface area contributed by atoms with Crippen LogP contribution in [0.2, 0.25) is 0 Å². The standard InChI is InChI=1S/C26H28N2O3S/c1-17(2)18-10-12-19(13-11-18)27-25(29)23-20-7-4-5-8-21(20)26(30)28(14-15-31-3)24(23)22-9-6-16-32-22/h4-13,16-17,23-24H,14-15H2,1-3H3,(H,27,29)/t23-,24-/m1/s1. The highest BCUT2D eigenvalue weighted by Crippen LogP contribution is 2.44. The summed E-state index contributed by atoms with van der Waals surface area (Å²) in [5, 5.41) is 5.08. The Balaban J connectivity index is 1.74. The molecule has 2 heterocycles. The largest absolute Gasteiger partial charge is 0.383 e. The van der Waals surface area contributed by atoms with Gasteiger partial charge in [0, 0.05) is 29.8 Å². The molecule has 1 aliphatic heterocycles. The highest BCUT2D eigenvalue weighted by Gasteiger charge is 2.44. The first-order valence-electron chi connectivity index (χ1n) is 10.8. The topological polar surface area (TPSA) is 58.6 Å². The van der Waals surface area contributed by atoms with E-state index in [9.17, 15) is 9.59 Å². The van der Waals surface area contributed by atoms with Crippen molar-refractivity contribution in [3.8, 4) is 0 Å². The molecule has 0 bridgehead atoms. The second-order valence-electron chi connectivity index (χ2n) is 8.28. The van der Waals surface area contributed by atoms with Crippen LogP contribution in [0, 0.1) is 0 Å². The number of rotatable bonds is 7. The quantitative estimate of drug-likeness (QED) is 0.524. The minimum absolute atomic E-state index is 0.0682. The molecule has 2 aromatic carbocycles. The molecule has 3 aromatic rings. The van der Waals surface area contributed by atoms with E-state index in [-0.39, 0.29) is 17.9 Å². The summed E-state index contributed by atoms with van der Waals surface area (Å²) in [6, 6.07) is 19.0. The molecule has 2 amide bonds. The molecule has 1 N–H and O–H groups in total. The Morgan fingerprint density at radius 1 is 1.09 bits per heavy atom. The summed E-state index contributed by atoms with van der Waals surface area (Å²) in [5.74, 6) is -0.290. The molecule has 32 heavy (non-hydrogen) atoms. The third-order valence-corrected chi connectivity index (χ3v) is 6.88. The van der Waals surface area contributed by atoms with E-state index in [1.165, 1.54) is 5.56 Å². The third-order valence-electron chi connectivity index (χ3n) is 5.94. The summed E-state index contributed by atoms with van der Waals surface area (Å²) in [5.41, 5.74) is 3.31. The van der Waals surface area contributed by atoms with Crippen LogP contribution in [0.5, 0.6) is 0 Å². The molecule has 2 atom stereocenters. The van der Waals surface area contributed by atoms with Gasteiger partial charge in [0.2, 0.25) is 5.91 Å². The van der Waals surface area contributed by atoms with Crippen molar-refractivity contribution in [2.75, 3.05) is 25.6 Å². The van der Waals surface area contributed by atoms with Crippen LogP contribution in [0.25, 0.3) is 0 Å². The molecule has 0 fully saturated rings. The second-order valence-corrected chi connectivity index (χ2v) is 9.26. The zero-order valence-corrected chi connectivity index (χ0v) is 19.4. The van der Waals surface area contributed by atoms with Gasteiger partial charge in [0.25, 0.3) is 5.91 Å². The van der Waals surface area contributed by atoms with Gasteiger partial charge in [0.1, 0.15) is 0 Å². The SMILES string of the molecule is COCCN1C(=O)c2ccccc2[C@@H](C(=O)Nc2ccc(C(C)C)cc2)[C@H]1c1cccs1. The van der Waals surface area contributed by atoms with Gasteiger partial charge in [0.15, 0.2) is 0 Å². The number of nitrogens with one attached hydrogen (secondary N) is 1. The van der Waals surface area contributed by atoms with Crippen molar-refractivity contribution in [3.05, 3.63) is 87.6 Å². The van der Waals surface area contributed by atoms with Crippen LogP contribution in [0.3, 0.4) is 0 Å². The normalized spacial score (nSPS) is 18.0. The van der Waals surface area contributed by atoms with Gasteiger partial charge in [-0.15, -0.1) is 11.3 Å². The first-order chi connectivity index (χ1) is 15.5. The van der Waals surface area contributed by atoms with Gasteiger partial charge in [-0.1, -0.05) is 50.2 Å². The number of methoxy groups -OCH3 is 1. The number of thiophene rings is 1. The Morgan fingerprint density at radius 3 is 2.50 bits per heavy atom. The van der Waals surface area contributed by atoms with Gasteiger partial charge in [-0.3, -0.25) is 9.59 Å². The van der Waals surface area contributed by atoms with Crippen LogP contribution in [0.1, 0.15) is 58.1 Å². The molecule has 6 heteroatoms. The number of carbonyl (C=O) groups excluding carboxylic acids is 2. The number of ether oxygens (including phenoxy) is 1. The van der Waals surface area contributed by atoms with E-state index >= 15 is 0 Å². The van der Waals surface area contributed by atoms with Crippen molar-refractivity contribution in [1.82, 2.24) is 4.90 Å². The lowest BCUT2D eigenvalue weighted by molar-refractivity contribution is -0.119. The Hall–Kier alpha value is -2.96. The molecule has 0 unspecified atom stereocenters. The van der Waals surface area contributed by atoms with Crippen LogP contribution >= 0.6 is 11.3 Å². The Kier molecular flexibility index (Phi) is 6.72. The summed E-state index contributed by atoms with van der Waals surface area (Å²) in [6.07, 6.45) is 0. The number of amides is 2. The maximum Gasteiger partial charge on any atom is 0.254 e. The van der Waals surface area contributed by atoms with E-state index in [1.54, 1.807) is 29.4 Å². The fourth-order valence-electron chi connectivity index (χ4n) is 4.26. The number of nitrogens with zero attached hydrogens (tertiary/aromatic N) is 1. The summed E-state index contributed by atoms with van der Waals surface area (Å²) < 4.78 is 5.28. The van der Waals surface area contributed by atoms with Gasteiger partial charge in [-0.25, -0.2) is 0 Å². The Morgan fingerprint density at radius 2 is 1.84 bits per heavy atom. The number of fused-ring (bicyclic) bond motifs is 1. The van der Waals surface area contributed by atoms with E-state index in [1.807, 2.05) is 60.0 Å². The first kappa shape index (κ1) is 22.2. The number of benzene rings is 2. The summed E-state index contributed by atoms with van der Waals surface area (Å²) in [7, 11) is 1.62. The van der Waals surface area contributed by atoms with Gasteiger partial charge < -0.3 is 15.0 Å². The molecule has 4 rings (SSSR count). The molecule has 1 aliphatic rings. The van der Waals surface area contributed by atoms with Gasteiger partial charge in [-0.2, -0.15) is 0 Å². The smallest absolute Gasteiger partial charge is 0.254 e. The maximum atomic E-state index is 13.7. The molecule has 166 valence electrons. The minimum atomic E-state index is -0.524. The highest BCUT2D eigenvalue weighted by atomic mass is 32.1. The predicted molar refractivity (Wildman–Crippen MR) is 128 cm³/mol. The van der Waals surface area contributed by atoms with E-state index in [4.69, 9.17) is 4.74 Å². The third kappa shape index (κ3) is 4.33. The highest BCUT2D eigenvalue weighted by molar-refractivity contribution is 7.10. The number of carbonyl (C=O) groups is 2. The van der Waals surface area contributed by atoms with Crippen molar-refractivity contribution in [2.24, 2.45) is 0 Å². The maximum absolute atomic E-state index is 13.7. The summed E-state index contributed by atoms with van der Waals surface area (Å²) in [4.78, 5) is 29.9. The summed E-state index contributed by atoms with van der Waals surface area (Å²) in [6.45, 7) is 5.10. The Labute approximate surface area is 193 Å². The van der Waals surface area contributed by atoms with E-state index < -0.39 is 5.92 Å². The van der Waals surface area contributed by atoms with E-state index in [2.05, 4.69) is 19.2 Å². The molecule has 1 aromatic heterocycles. The van der Waals surface area contributed by atoms with Crippen LogP contribution in [-0.2, 0) is 9.53 Å². The van der Waals surface area contributed by atoms with Crippen molar-refractivity contribution in [2.45, 2.75) is 31.7 Å². The van der Waals surface area contributed by atoms with Crippen LogP contribution in [-0.4, -0.2) is 37.0 Å². The minimum Gasteiger partial charge on any atom is -0.383 e. The summed E-state index contributed by atoms with van der Waals surface area (Å²) >= 11 is 1.56. The number of hydrogen-bond acceptors (Lipinski definition) is 4. The van der Waals surface area contributed by atoms with Gasteiger partial charge >= 0.3 is 0 Å². The Bertz CT molecular complexity index is 1080. The zero-order chi connectivity index (χ0) is 22.7. The van der Waals surface area contributed by atoms with Crippen molar-refractivity contribution in [3.63, 3.8) is 0 Å². The van der Waals surface area contributed by atoms with Gasteiger partial charge in [0.05, 0.1) is 18.6 Å². The lowest BCUT2D eigenvalue weighted by Gasteiger charge is -2.41. The average Bonchev–Trinajstić information content (AvgIpc) is 3.33. The fraction of sp³-hybridized carbons (Fsp3) is 0.308. The predicted octanol–water partition coefficient (Wildman–Crippen LogP) is 5.44. The van der Waals surface area contributed by atoms with Crippen LogP contribution in [0.15, 0.2) is 66.0 Å². The molecular weight excluding hydrogens is 420 g/mol. The zero-order valence-electron chi connectivity index (χ0n) is 18.6. The van der Waals surface area contributed by atoms with Crippen LogP contribution in [0.4, 0.5) is 5.69 Å². The molecule has 0 saturated carbocycles. The van der Waals surface area contributed by atoms with Crippen LogP contribution < -0.4 is 5.32 Å². The molecule has 5 nitrogen and oxygen atoms in total. The molecule has 0 radical (unpaired) electrons. The molecular formula is C26H28N2O3S. The molecule has 0 saturated heterocycles. The van der Waals surface area contributed by atoms with Crippen molar-refractivity contribution in [1.29, 1.82) is 0 Å². The van der Waals surface area contributed by atoms with Crippen molar-refractivity contribution < 1.29 is 14.3 Å². The average molecular weight is 449 g/mol.